The quantitative estimate of drug-likeness (QED) is 0.188. The number of nitrogens with zero attached hydrogens (tertiary/aromatic N) is 1. The van der Waals surface area contributed by atoms with Gasteiger partial charge in [0.25, 0.3) is 0 Å². The Morgan fingerprint density at radius 1 is 0.404 bits per heavy atom. The molecule has 0 amide bonds. The molecule has 2 nitrogen and oxygen atoms in total. The molecule has 0 saturated heterocycles. The Kier molecular flexibility index (Phi) is 5.53. The van der Waals surface area contributed by atoms with E-state index >= 15 is 0 Å². The Morgan fingerprint density at radius 2 is 0.979 bits per heavy atom. The van der Waals surface area contributed by atoms with Crippen LogP contribution in [0.2, 0.25) is 0 Å². The standard InChI is InChI=1S/C45H29NO/c1-28-11-10-20-43-44(28)41-27-42(38-18-8-9-19-39(38)45(41)47-43)46(31-22-21-29-12-2-3-13-30(29)25-31)32-23-24-37-35-16-5-4-14-33(35)34-15-6-7-17-36(34)40(37)26-32/h2-27H,1H3. The maximum absolute atomic E-state index is 6.58. The van der Waals surface area contributed by atoms with Crippen molar-refractivity contribution in [2.24, 2.45) is 0 Å². The topological polar surface area (TPSA) is 16.4 Å². The first-order chi connectivity index (χ1) is 23.2. The van der Waals surface area contributed by atoms with E-state index < -0.39 is 0 Å². The Bertz CT molecular complexity index is 2840. The van der Waals surface area contributed by atoms with Gasteiger partial charge in [0.15, 0.2) is 0 Å². The zero-order valence-corrected chi connectivity index (χ0v) is 25.9. The molecule has 0 fully saturated rings. The summed E-state index contributed by atoms with van der Waals surface area (Å²) in [4.78, 5) is 2.44. The summed E-state index contributed by atoms with van der Waals surface area (Å²) in [6, 6.07) is 57.3. The normalized spacial score (nSPS) is 11.9. The van der Waals surface area contributed by atoms with Gasteiger partial charge in [0.05, 0.1) is 5.69 Å². The fourth-order valence-electron chi connectivity index (χ4n) is 7.77. The van der Waals surface area contributed by atoms with Gasteiger partial charge in [-0.25, -0.2) is 0 Å². The molecule has 10 aromatic rings. The number of aryl methyl sites for hydroxylation is 1. The van der Waals surface area contributed by atoms with Gasteiger partial charge in [0, 0.05) is 32.9 Å². The van der Waals surface area contributed by atoms with Crippen LogP contribution in [0, 0.1) is 6.92 Å². The lowest BCUT2D eigenvalue weighted by Crippen LogP contribution is -2.10. The van der Waals surface area contributed by atoms with E-state index in [1.807, 2.05) is 0 Å². The summed E-state index contributed by atoms with van der Waals surface area (Å²) < 4.78 is 6.58. The van der Waals surface area contributed by atoms with Crippen molar-refractivity contribution in [3.8, 4) is 0 Å². The second-order valence-electron chi connectivity index (χ2n) is 12.6. The van der Waals surface area contributed by atoms with Gasteiger partial charge in [-0.15, -0.1) is 0 Å². The first-order valence-electron chi connectivity index (χ1n) is 16.2. The van der Waals surface area contributed by atoms with Crippen molar-refractivity contribution in [2.45, 2.75) is 6.92 Å². The molecule has 0 aliphatic heterocycles. The summed E-state index contributed by atoms with van der Waals surface area (Å²) in [7, 11) is 0. The number of fused-ring (bicyclic) bond motifs is 12. The molecular formula is C45H29NO. The van der Waals surface area contributed by atoms with Gasteiger partial charge in [0.1, 0.15) is 11.2 Å². The molecule has 2 heteroatoms. The third-order valence-corrected chi connectivity index (χ3v) is 9.91. The Hall–Kier alpha value is -6.12. The lowest BCUT2D eigenvalue weighted by Gasteiger charge is -2.28. The lowest BCUT2D eigenvalue weighted by atomic mass is 9.93. The van der Waals surface area contributed by atoms with Crippen molar-refractivity contribution in [1.82, 2.24) is 0 Å². The van der Waals surface area contributed by atoms with Gasteiger partial charge >= 0.3 is 0 Å². The number of hydrogen-bond acceptors (Lipinski definition) is 2. The molecule has 0 radical (unpaired) electrons. The summed E-state index contributed by atoms with van der Waals surface area (Å²) in [5.41, 5.74) is 6.42. The first-order valence-corrected chi connectivity index (χ1v) is 16.2. The van der Waals surface area contributed by atoms with Crippen LogP contribution in [0.4, 0.5) is 17.1 Å². The van der Waals surface area contributed by atoms with Crippen molar-refractivity contribution in [3.05, 3.63) is 163 Å². The van der Waals surface area contributed by atoms with Gasteiger partial charge in [-0.1, -0.05) is 121 Å². The van der Waals surface area contributed by atoms with E-state index in [0.29, 0.717) is 0 Å². The highest BCUT2D eigenvalue weighted by atomic mass is 16.3. The lowest BCUT2D eigenvalue weighted by molar-refractivity contribution is 0.672. The first kappa shape index (κ1) is 26.1. The van der Waals surface area contributed by atoms with Crippen molar-refractivity contribution < 1.29 is 4.42 Å². The molecular weight excluding hydrogens is 571 g/mol. The van der Waals surface area contributed by atoms with Crippen LogP contribution in [0.1, 0.15) is 5.56 Å². The molecule has 0 aliphatic rings. The Labute approximate surface area is 271 Å². The third-order valence-electron chi connectivity index (χ3n) is 9.91. The van der Waals surface area contributed by atoms with Crippen LogP contribution in [0.25, 0.3) is 75.8 Å². The monoisotopic (exact) mass is 599 g/mol. The molecule has 47 heavy (non-hydrogen) atoms. The van der Waals surface area contributed by atoms with E-state index in [-0.39, 0.29) is 0 Å². The SMILES string of the molecule is Cc1cccc2oc3c4ccccc4c(N(c4ccc5ccccc5c4)c4ccc5c6ccccc6c6ccccc6c5c4)cc3c12. The Balaban J connectivity index is 1.34. The van der Waals surface area contributed by atoms with Gasteiger partial charge in [-0.05, 0) is 92.0 Å². The van der Waals surface area contributed by atoms with Crippen LogP contribution < -0.4 is 4.90 Å². The van der Waals surface area contributed by atoms with Crippen LogP contribution in [0.15, 0.2) is 162 Å². The zero-order valence-electron chi connectivity index (χ0n) is 25.9. The third kappa shape index (κ3) is 3.85. The van der Waals surface area contributed by atoms with Gasteiger partial charge < -0.3 is 9.32 Å². The molecule has 0 aliphatic carbocycles. The van der Waals surface area contributed by atoms with E-state index in [1.54, 1.807) is 0 Å². The maximum Gasteiger partial charge on any atom is 0.143 e. The van der Waals surface area contributed by atoms with Crippen LogP contribution in [0.3, 0.4) is 0 Å². The molecule has 0 saturated carbocycles. The minimum atomic E-state index is 0.920. The van der Waals surface area contributed by atoms with Gasteiger partial charge in [-0.3, -0.25) is 0 Å². The molecule has 0 N–H and O–H groups in total. The number of anilines is 3. The van der Waals surface area contributed by atoms with E-state index in [4.69, 9.17) is 4.42 Å². The van der Waals surface area contributed by atoms with Gasteiger partial charge in [-0.2, -0.15) is 0 Å². The number of benzene rings is 9. The van der Waals surface area contributed by atoms with E-state index in [9.17, 15) is 0 Å². The van der Waals surface area contributed by atoms with Crippen molar-refractivity contribution in [3.63, 3.8) is 0 Å². The van der Waals surface area contributed by atoms with Crippen LogP contribution >= 0.6 is 0 Å². The zero-order chi connectivity index (χ0) is 31.1. The van der Waals surface area contributed by atoms with Crippen molar-refractivity contribution in [1.29, 1.82) is 0 Å². The van der Waals surface area contributed by atoms with E-state index in [2.05, 4.69) is 170 Å². The predicted molar refractivity (Wildman–Crippen MR) is 201 cm³/mol. The Morgan fingerprint density at radius 3 is 1.72 bits per heavy atom. The average Bonchev–Trinajstić information content (AvgIpc) is 3.52. The second kappa shape index (κ2) is 9.94. The highest BCUT2D eigenvalue weighted by Crippen LogP contribution is 2.47. The van der Waals surface area contributed by atoms with Gasteiger partial charge in [0.2, 0.25) is 0 Å². The number of rotatable bonds is 3. The van der Waals surface area contributed by atoms with Crippen molar-refractivity contribution >= 4 is 92.9 Å². The fraction of sp³-hybridized carbons (Fsp3) is 0.0222. The second-order valence-corrected chi connectivity index (χ2v) is 12.6. The summed E-state index contributed by atoms with van der Waals surface area (Å²) >= 11 is 0. The smallest absolute Gasteiger partial charge is 0.143 e. The number of hydrogen-bond donors (Lipinski definition) is 0. The van der Waals surface area contributed by atoms with Crippen LogP contribution in [0.5, 0.6) is 0 Å². The molecule has 220 valence electrons. The molecule has 0 bridgehead atoms. The highest BCUT2D eigenvalue weighted by Gasteiger charge is 2.22. The van der Waals surface area contributed by atoms with Crippen LogP contribution in [-0.4, -0.2) is 0 Å². The minimum Gasteiger partial charge on any atom is -0.455 e. The van der Waals surface area contributed by atoms with Crippen molar-refractivity contribution in [2.75, 3.05) is 4.90 Å². The van der Waals surface area contributed by atoms with E-state index in [0.717, 1.165) is 44.4 Å². The summed E-state index contributed by atoms with van der Waals surface area (Å²) in [6.45, 7) is 2.17. The molecule has 9 aromatic carbocycles. The predicted octanol–water partition coefficient (Wildman–Crippen LogP) is 13.1. The summed E-state index contributed by atoms with van der Waals surface area (Å²) in [5.74, 6) is 0. The highest BCUT2D eigenvalue weighted by molar-refractivity contribution is 6.26. The van der Waals surface area contributed by atoms with E-state index in [1.165, 1.54) is 54.0 Å². The molecule has 1 heterocycles. The molecule has 0 atom stereocenters. The summed E-state index contributed by atoms with van der Waals surface area (Å²) in [6.07, 6.45) is 0. The largest absolute Gasteiger partial charge is 0.455 e. The number of furan rings is 1. The van der Waals surface area contributed by atoms with Crippen LogP contribution in [-0.2, 0) is 0 Å². The molecule has 0 unspecified atom stereocenters. The fourth-order valence-corrected chi connectivity index (χ4v) is 7.77. The maximum atomic E-state index is 6.58. The molecule has 10 rings (SSSR count). The molecule has 0 spiro atoms. The minimum absolute atomic E-state index is 0.920. The summed E-state index contributed by atoms with van der Waals surface area (Å²) in [5, 5.41) is 14.6. The molecule has 1 aromatic heterocycles. The average molecular weight is 600 g/mol.